The summed E-state index contributed by atoms with van der Waals surface area (Å²) in [6.45, 7) is 11.8. The van der Waals surface area contributed by atoms with Crippen LogP contribution in [0.1, 0.15) is 60.1 Å². The second-order valence-electron chi connectivity index (χ2n) is 9.04. The van der Waals surface area contributed by atoms with Gasteiger partial charge in [0.25, 0.3) is 0 Å². The summed E-state index contributed by atoms with van der Waals surface area (Å²) in [5.41, 5.74) is -0.697. The average molecular weight is 417 g/mol. The Morgan fingerprint density at radius 2 is 1.67 bits per heavy atom. The van der Waals surface area contributed by atoms with E-state index in [2.05, 4.69) is 10.6 Å². The minimum atomic E-state index is -1.03. The van der Waals surface area contributed by atoms with Gasteiger partial charge in [0.15, 0.2) is 0 Å². The molecule has 0 saturated carbocycles. The molecule has 0 saturated heterocycles. The summed E-state index contributed by atoms with van der Waals surface area (Å²) in [5, 5.41) is 14.7. The summed E-state index contributed by atoms with van der Waals surface area (Å²) in [5.74, 6) is -0.984. The van der Waals surface area contributed by atoms with Crippen molar-refractivity contribution in [3.63, 3.8) is 0 Å². The monoisotopic (exact) mass is 416 g/mol. The molecule has 8 nitrogen and oxygen atoms in total. The number of nitrogens with one attached hydrogen (secondary N) is 2. The molecular weight excluding hydrogens is 384 g/mol. The van der Waals surface area contributed by atoms with Crippen molar-refractivity contribution < 1.29 is 19.1 Å². The Kier molecular flexibility index (Phi) is 8.40. The summed E-state index contributed by atoms with van der Waals surface area (Å²) in [6, 6.07) is 8.66. The maximum Gasteiger partial charge on any atom is 0.408 e. The van der Waals surface area contributed by atoms with Gasteiger partial charge in [-0.15, -0.1) is 0 Å². The SMILES string of the molecule is CC(NC(=O)OC(C)(C)C)C(=O)N(CC#N)C(C(=O)NC(C)(C)C)c1ccccc1. The van der Waals surface area contributed by atoms with Crippen molar-refractivity contribution in [1.29, 1.82) is 5.26 Å². The first-order valence-corrected chi connectivity index (χ1v) is 9.79. The molecule has 30 heavy (non-hydrogen) atoms. The number of hydrogen-bond donors (Lipinski definition) is 2. The number of nitriles is 1. The molecule has 1 aromatic rings. The van der Waals surface area contributed by atoms with Gasteiger partial charge in [0, 0.05) is 5.54 Å². The van der Waals surface area contributed by atoms with Gasteiger partial charge in [-0.2, -0.15) is 5.26 Å². The number of hydrogen-bond acceptors (Lipinski definition) is 5. The maximum absolute atomic E-state index is 13.1. The van der Waals surface area contributed by atoms with Crippen LogP contribution in [0, 0.1) is 11.3 Å². The first kappa shape index (κ1) is 25.0. The van der Waals surface area contributed by atoms with Crippen LogP contribution in [0.2, 0.25) is 0 Å². The van der Waals surface area contributed by atoms with E-state index in [1.165, 1.54) is 11.8 Å². The molecule has 2 atom stereocenters. The number of nitrogens with zero attached hydrogens (tertiary/aromatic N) is 2. The van der Waals surface area contributed by atoms with Gasteiger partial charge in [0.2, 0.25) is 11.8 Å². The van der Waals surface area contributed by atoms with E-state index >= 15 is 0 Å². The van der Waals surface area contributed by atoms with Crippen LogP contribution in [0.5, 0.6) is 0 Å². The normalized spacial score (nSPS) is 13.4. The molecule has 8 heteroatoms. The second-order valence-corrected chi connectivity index (χ2v) is 9.04. The number of benzene rings is 1. The fourth-order valence-electron chi connectivity index (χ4n) is 2.71. The molecule has 0 aliphatic heterocycles. The Morgan fingerprint density at radius 1 is 1.10 bits per heavy atom. The van der Waals surface area contributed by atoms with E-state index in [4.69, 9.17) is 4.74 Å². The Hall–Kier alpha value is -3.08. The van der Waals surface area contributed by atoms with Crippen molar-refractivity contribution in [2.24, 2.45) is 0 Å². The highest BCUT2D eigenvalue weighted by atomic mass is 16.6. The zero-order valence-corrected chi connectivity index (χ0v) is 18.8. The molecule has 3 amide bonds. The van der Waals surface area contributed by atoms with Crippen LogP contribution in [0.25, 0.3) is 0 Å². The molecule has 2 N–H and O–H groups in total. The maximum atomic E-state index is 13.1. The molecule has 164 valence electrons. The standard InChI is InChI=1S/C22H32N4O4/c1-15(24-20(29)30-22(5,6)7)19(28)26(14-13-23)17(16-11-9-8-10-12-16)18(27)25-21(2,3)4/h8-12,15,17H,14H2,1-7H3,(H,24,29)(H,25,27). The predicted molar refractivity (Wildman–Crippen MR) is 113 cm³/mol. The lowest BCUT2D eigenvalue weighted by atomic mass is 10.0. The van der Waals surface area contributed by atoms with Crippen LogP contribution < -0.4 is 10.6 Å². The second kappa shape index (κ2) is 10.1. The van der Waals surface area contributed by atoms with Crippen LogP contribution in [-0.2, 0) is 14.3 Å². The van der Waals surface area contributed by atoms with Gasteiger partial charge < -0.3 is 20.3 Å². The summed E-state index contributed by atoms with van der Waals surface area (Å²) in [6.07, 6.45) is -0.754. The van der Waals surface area contributed by atoms with Crippen LogP contribution >= 0.6 is 0 Å². The number of rotatable bonds is 6. The summed E-state index contributed by atoms with van der Waals surface area (Å²) in [4.78, 5) is 39.5. The topological polar surface area (TPSA) is 112 Å². The van der Waals surface area contributed by atoms with E-state index in [0.717, 1.165) is 0 Å². The molecule has 0 aliphatic rings. The van der Waals surface area contributed by atoms with Crippen molar-refractivity contribution in [2.45, 2.75) is 71.7 Å². The fourth-order valence-corrected chi connectivity index (χ4v) is 2.71. The molecule has 0 spiro atoms. The van der Waals surface area contributed by atoms with E-state index < -0.39 is 41.1 Å². The highest BCUT2D eigenvalue weighted by Gasteiger charge is 2.35. The molecular formula is C22H32N4O4. The lowest BCUT2D eigenvalue weighted by Crippen LogP contribution is -2.53. The number of carbonyl (C=O) groups excluding carboxylic acids is 3. The summed E-state index contributed by atoms with van der Waals surface area (Å²) < 4.78 is 5.19. The molecule has 0 heterocycles. The van der Waals surface area contributed by atoms with Crippen molar-refractivity contribution in [2.75, 3.05) is 6.54 Å². The Bertz CT molecular complexity index is 788. The van der Waals surface area contributed by atoms with Crippen LogP contribution in [0.3, 0.4) is 0 Å². The molecule has 1 aromatic carbocycles. The van der Waals surface area contributed by atoms with Crippen LogP contribution in [-0.4, -0.2) is 46.5 Å². The highest BCUT2D eigenvalue weighted by Crippen LogP contribution is 2.23. The van der Waals surface area contributed by atoms with E-state index in [1.807, 2.05) is 26.8 Å². The van der Waals surface area contributed by atoms with Crippen molar-refractivity contribution in [1.82, 2.24) is 15.5 Å². The van der Waals surface area contributed by atoms with Crippen LogP contribution in [0.15, 0.2) is 30.3 Å². The third kappa shape index (κ3) is 8.11. The lowest BCUT2D eigenvalue weighted by molar-refractivity contribution is -0.142. The van der Waals surface area contributed by atoms with E-state index in [9.17, 15) is 19.6 Å². The first-order valence-electron chi connectivity index (χ1n) is 9.79. The molecule has 0 fully saturated rings. The third-order valence-electron chi connectivity index (χ3n) is 3.80. The quantitative estimate of drug-likeness (QED) is 0.693. The number of carbonyl (C=O) groups is 3. The lowest BCUT2D eigenvalue weighted by Gasteiger charge is -2.33. The molecule has 2 unspecified atom stereocenters. The smallest absolute Gasteiger partial charge is 0.408 e. The molecule has 0 aromatic heterocycles. The van der Waals surface area contributed by atoms with Gasteiger partial charge in [0.1, 0.15) is 24.2 Å². The minimum absolute atomic E-state index is 0.323. The number of ether oxygens (including phenoxy) is 1. The zero-order chi connectivity index (χ0) is 23.1. The van der Waals surface area contributed by atoms with Gasteiger partial charge >= 0.3 is 6.09 Å². The zero-order valence-electron chi connectivity index (χ0n) is 18.8. The van der Waals surface area contributed by atoms with Gasteiger partial charge in [0.05, 0.1) is 6.07 Å². The summed E-state index contributed by atoms with van der Waals surface area (Å²) in [7, 11) is 0. The fraction of sp³-hybridized carbons (Fsp3) is 0.545. The molecule has 1 rings (SSSR count). The van der Waals surface area contributed by atoms with Crippen molar-refractivity contribution in [3.05, 3.63) is 35.9 Å². The van der Waals surface area contributed by atoms with Gasteiger partial charge in [-0.3, -0.25) is 9.59 Å². The average Bonchev–Trinajstić information content (AvgIpc) is 2.58. The molecule has 0 radical (unpaired) electrons. The Morgan fingerprint density at radius 3 is 2.13 bits per heavy atom. The molecule has 0 aliphatic carbocycles. The van der Waals surface area contributed by atoms with E-state index in [1.54, 1.807) is 51.1 Å². The Balaban J connectivity index is 3.21. The van der Waals surface area contributed by atoms with Gasteiger partial charge in [-0.1, -0.05) is 30.3 Å². The Labute approximate surface area is 178 Å². The predicted octanol–water partition coefficient (Wildman–Crippen LogP) is 2.91. The number of alkyl carbamates (subject to hydrolysis) is 1. The summed E-state index contributed by atoms with van der Waals surface area (Å²) >= 11 is 0. The van der Waals surface area contributed by atoms with Gasteiger partial charge in [-0.25, -0.2) is 4.79 Å². The van der Waals surface area contributed by atoms with Crippen LogP contribution in [0.4, 0.5) is 4.79 Å². The van der Waals surface area contributed by atoms with Crippen molar-refractivity contribution >= 4 is 17.9 Å². The first-order chi connectivity index (χ1) is 13.7. The molecule has 0 bridgehead atoms. The van der Waals surface area contributed by atoms with E-state index in [-0.39, 0.29) is 6.54 Å². The van der Waals surface area contributed by atoms with Gasteiger partial charge in [-0.05, 0) is 54.0 Å². The third-order valence-corrected chi connectivity index (χ3v) is 3.80. The van der Waals surface area contributed by atoms with Crippen molar-refractivity contribution in [3.8, 4) is 6.07 Å². The van der Waals surface area contributed by atoms with E-state index in [0.29, 0.717) is 5.56 Å². The largest absolute Gasteiger partial charge is 0.444 e. The number of amides is 3. The highest BCUT2D eigenvalue weighted by molar-refractivity contribution is 5.92. The minimum Gasteiger partial charge on any atom is -0.444 e.